The molecule has 1 rings (SSSR count). The van der Waals surface area contributed by atoms with Crippen molar-refractivity contribution in [3.63, 3.8) is 0 Å². The van der Waals surface area contributed by atoms with Crippen LogP contribution < -0.4 is 5.32 Å². The lowest BCUT2D eigenvalue weighted by molar-refractivity contribution is -0.136. The fraction of sp³-hybridized carbons (Fsp3) is 0.286. The summed E-state index contributed by atoms with van der Waals surface area (Å²) in [5.41, 5.74) is 1.52. The van der Waals surface area contributed by atoms with Gasteiger partial charge < -0.3 is 10.4 Å². The molecule has 4 nitrogen and oxygen atoms in total. The predicted octanol–water partition coefficient (Wildman–Crippen LogP) is 1.34. The van der Waals surface area contributed by atoms with Gasteiger partial charge in [0, 0.05) is 19.4 Å². The average molecular weight is 245 g/mol. The Balaban J connectivity index is 2.59. The van der Waals surface area contributed by atoms with Crippen LogP contribution in [0.2, 0.25) is 0 Å². The molecule has 0 aliphatic carbocycles. The maximum absolute atomic E-state index is 11.4. The Morgan fingerprint density at radius 3 is 2.56 bits per heavy atom. The number of carboxylic acids is 1. The van der Waals surface area contributed by atoms with Crippen molar-refractivity contribution in [3.05, 3.63) is 35.4 Å². The summed E-state index contributed by atoms with van der Waals surface area (Å²) in [4.78, 5) is 22.1. The van der Waals surface area contributed by atoms with Crippen LogP contribution in [-0.2, 0) is 22.6 Å². The minimum Gasteiger partial charge on any atom is -0.481 e. The van der Waals surface area contributed by atoms with Gasteiger partial charge in [0.2, 0.25) is 5.91 Å². The molecule has 0 fully saturated rings. The smallest absolute Gasteiger partial charge is 0.307 e. The molecule has 0 saturated carbocycles. The van der Waals surface area contributed by atoms with Crippen LogP contribution in [0, 0.1) is 12.3 Å². The number of amides is 1. The highest BCUT2D eigenvalue weighted by Gasteiger charge is 2.07. The van der Waals surface area contributed by atoms with Gasteiger partial charge in [-0.2, -0.15) is 0 Å². The van der Waals surface area contributed by atoms with Gasteiger partial charge >= 0.3 is 5.97 Å². The first-order valence-electron chi connectivity index (χ1n) is 5.62. The fourth-order valence-electron chi connectivity index (χ4n) is 1.53. The number of hydrogen-bond acceptors (Lipinski definition) is 2. The molecule has 0 aromatic heterocycles. The van der Waals surface area contributed by atoms with Gasteiger partial charge in [-0.05, 0) is 11.1 Å². The molecule has 0 saturated heterocycles. The Morgan fingerprint density at radius 2 is 1.94 bits per heavy atom. The van der Waals surface area contributed by atoms with Gasteiger partial charge in [0.1, 0.15) is 0 Å². The average Bonchev–Trinajstić information content (AvgIpc) is 2.34. The van der Waals surface area contributed by atoms with Crippen molar-refractivity contribution in [1.82, 2.24) is 5.32 Å². The molecular weight excluding hydrogens is 230 g/mol. The second-order valence-corrected chi connectivity index (χ2v) is 3.82. The molecule has 0 heterocycles. The largest absolute Gasteiger partial charge is 0.481 e. The Labute approximate surface area is 106 Å². The number of aliphatic carboxylic acids is 1. The first-order valence-corrected chi connectivity index (χ1v) is 5.62. The molecule has 0 radical (unpaired) electrons. The van der Waals surface area contributed by atoms with E-state index >= 15 is 0 Å². The number of terminal acetylenes is 1. The molecule has 2 N–H and O–H groups in total. The molecule has 0 bridgehead atoms. The van der Waals surface area contributed by atoms with Crippen molar-refractivity contribution in [2.24, 2.45) is 0 Å². The summed E-state index contributed by atoms with van der Waals surface area (Å²) >= 11 is 0. The molecule has 1 amide bonds. The summed E-state index contributed by atoms with van der Waals surface area (Å²) in [5.74, 6) is 1.38. The van der Waals surface area contributed by atoms with Crippen LogP contribution in [0.25, 0.3) is 0 Å². The molecular formula is C14H15NO3. The second kappa shape index (κ2) is 7.13. The van der Waals surface area contributed by atoms with E-state index in [1.807, 2.05) is 6.07 Å². The van der Waals surface area contributed by atoms with Crippen molar-refractivity contribution in [1.29, 1.82) is 0 Å². The zero-order valence-electron chi connectivity index (χ0n) is 9.98. The first kappa shape index (κ1) is 13.8. The van der Waals surface area contributed by atoms with Crippen molar-refractivity contribution >= 4 is 11.9 Å². The third-order valence-electron chi connectivity index (χ3n) is 2.43. The van der Waals surface area contributed by atoms with E-state index in [2.05, 4.69) is 11.2 Å². The van der Waals surface area contributed by atoms with Crippen LogP contribution in [0.4, 0.5) is 0 Å². The number of hydrogen-bond donors (Lipinski definition) is 2. The molecule has 4 heteroatoms. The number of carbonyl (C=O) groups excluding carboxylic acids is 1. The summed E-state index contributed by atoms with van der Waals surface area (Å²) in [6.45, 7) is 0.326. The summed E-state index contributed by atoms with van der Waals surface area (Å²) in [5, 5.41) is 11.5. The van der Waals surface area contributed by atoms with E-state index in [9.17, 15) is 9.59 Å². The molecule has 1 aromatic carbocycles. The van der Waals surface area contributed by atoms with Gasteiger partial charge in [-0.3, -0.25) is 9.59 Å². The number of nitrogens with one attached hydrogen (secondary N) is 1. The van der Waals surface area contributed by atoms with E-state index in [-0.39, 0.29) is 18.7 Å². The van der Waals surface area contributed by atoms with Gasteiger partial charge in [0.25, 0.3) is 0 Å². The van der Waals surface area contributed by atoms with Crippen molar-refractivity contribution in [2.45, 2.75) is 25.8 Å². The topological polar surface area (TPSA) is 66.4 Å². The van der Waals surface area contributed by atoms with E-state index in [1.165, 1.54) is 0 Å². The normalized spacial score (nSPS) is 9.50. The molecule has 0 unspecified atom stereocenters. The first-order chi connectivity index (χ1) is 8.63. The highest BCUT2D eigenvalue weighted by Crippen LogP contribution is 2.09. The van der Waals surface area contributed by atoms with Crippen LogP contribution >= 0.6 is 0 Å². The van der Waals surface area contributed by atoms with Gasteiger partial charge in [0.05, 0.1) is 6.42 Å². The van der Waals surface area contributed by atoms with E-state index in [0.717, 1.165) is 5.56 Å². The molecule has 0 aliphatic rings. The highest BCUT2D eigenvalue weighted by atomic mass is 16.4. The SMILES string of the molecule is C#CCCC(=O)NCc1ccccc1CC(=O)O. The number of rotatable bonds is 6. The zero-order valence-corrected chi connectivity index (χ0v) is 9.98. The summed E-state index contributed by atoms with van der Waals surface area (Å²) < 4.78 is 0. The maximum atomic E-state index is 11.4. The van der Waals surface area contributed by atoms with E-state index < -0.39 is 5.97 Å². The van der Waals surface area contributed by atoms with Crippen molar-refractivity contribution < 1.29 is 14.7 Å². The lowest BCUT2D eigenvalue weighted by atomic mass is 10.0. The van der Waals surface area contributed by atoms with Gasteiger partial charge in [-0.15, -0.1) is 12.3 Å². The predicted molar refractivity (Wildman–Crippen MR) is 67.7 cm³/mol. The second-order valence-electron chi connectivity index (χ2n) is 3.82. The summed E-state index contributed by atoms with van der Waals surface area (Å²) in [6.07, 6.45) is 5.72. The Bertz CT molecular complexity index is 474. The van der Waals surface area contributed by atoms with Crippen LogP contribution in [0.1, 0.15) is 24.0 Å². The van der Waals surface area contributed by atoms with E-state index in [1.54, 1.807) is 18.2 Å². The van der Waals surface area contributed by atoms with Gasteiger partial charge in [-0.1, -0.05) is 24.3 Å². The number of benzene rings is 1. The third kappa shape index (κ3) is 4.71. The van der Waals surface area contributed by atoms with Gasteiger partial charge in [0.15, 0.2) is 0 Å². The molecule has 0 spiro atoms. The molecule has 0 atom stereocenters. The van der Waals surface area contributed by atoms with E-state index in [0.29, 0.717) is 18.5 Å². The Hall–Kier alpha value is -2.28. The lowest BCUT2D eigenvalue weighted by Gasteiger charge is -2.08. The molecule has 1 aromatic rings. The van der Waals surface area contributed by atoms with Crippen LogP contribution in [0.5, 0.6) is 0 Å². The highest BCUT2D eigenvalue weighted by molar-refractivity contribution is 5.76. The summed E-state index contributed by atoms with van der Waals surface area (Å²) in [6, 6.07) is 7.15. The minimum absolute atomic E-state index is 0.0452. The standard InChI is InChI=1S/C14H15NO3/c1-2-3-8-13(16)15-10-12-7-5-4-6-11(12)9-14(17)18/h1,4-7H,3,8-10H2,(H,15,16)(H,17,18). The maximum Gasteiger partial charge on any atom is 0.307 e. The molecule has 94 valence electrons. The molecule has 0 aliphatic heterocycles. The Morgan fingerprint density at radius 1 is 1.28 bits per heavy atom. The van der Waals surface area contributed by atoms with E-state index in [4.69, 9.17) is 11.5 Å². The molecule has 18 heavy (non-hydrogen) atoms. The van der Waals surface area contributed by atoms with Crippen LogP contribution in [0.15, 0.2) is 24.3 Å². The number of carboxylic acid groups (broad SMARTS) is 1. The Kier molecular flexibility index (Phi) is 5.46. The summed E-state index contributed by atoms with van der Waals surface area (Å²) in [7, 11) is 0. The quantitative estimate of drug-likeness (QED) is 0.743. The van der Waals surface area contributed by atoms with Gasteiger partial charge in [-0.25, -0.2) is 0 Å². The van der Waals surface area contributed by atoms with Crippen molar-refractivity contribution in [2.75, 3.05) is 0 Å². The van der Waals surface area contributed by atoms with Crippen LogP contribution in [0.3, 0.4) is 0 Å². The monoisotopic (exact) mass is 245 g/mol. The van der Waals surface area contributed by atoms with Crippen LogP contribution in [-0.4, -0.2) is 17.0 Å². The minimum atomic E-state index is -0.888. The van der Waals surface area contributed by atoms with Crippen molar-refractivity contribution in [3.8, 4) is 12.3 Å². The number of carbonyl (C=O) groups is 2. The lowest BCUT2D eigenvalue weighted by Crippen LogP contribution is -2.23. The third-order valence-corrected chi connectivity index (χ3v) is 2.43. The fourth-order valence-corrected chi connectivity index (χ4v) is 1.53. The zero-order chi connectivity index (χ0) is 13.4.